The zero-order chi connectivity index (χ0) is 15.3. The minimum absolute atomic E-state index is 0.0859. The van der Waals surface area contributed by atoms with Gasteiger partial charge in [-0.3, -0.25) is 4.79 Å². The molecule has 4 nitrogen and oxygen atoms in total. The normalized spacial score (nSPS) is 17.3. The van der Waals surface area contributed by atoms with Crippen molar-refractivity contribution in [3.05, 3.63) is 24.0 Å². The van der Waals surface area contributed by atoms with Gasteiger partial charge < -0.3 is 15.8 Å². The molecule has 116 valence electrons. The van der Waals surface area contributed by atoms with E-state index in [1.807, 2.05) is 6.92 Å². The Bertz CT molecular complexity index is 499. The number of benzene rings is 1. The van der Waals surface area contributed by atoms with Crippen molar-refractivity contribution in [3.8, 4) is 5.75 Å². The van der Waals surface area contributed by atoms with Gasteiger partial charge in [0, 0.05) is 12.6 Å². The van der Waals surface area contributed by atoms with E-state index in [0.29, 0.717) is 24.6 Å². The summed E-state index contributed by atoms with van der Waals surface area (Å²) in [5.41, 5.74) is 5.86. The van der Waals surface area contributed by atoms with Crippen molar-refractivity contribution in [2.75, 3.05) is 18.5 Å². The van der Waals surface area contributed by atoms with Crippen LogP contribution in [-0.2, 0) is 4.79 Å². The predicted molar refractivity (Wildman–Crippen MR) is 80.8 cm³/mol. The number of carbonyl (C=O) groups excluding carboxylic acids is 1. The Hall–Kier alpha value is -1.62. The maximum Gasteiger partial charge on any atom is 0.231 e. The molecule has 0 unspecified atom stereocenters. The van der Waals surface area contributed by atoms with Crippen LogP contribution in [0.3, 0.4) is 0 Å². The minimum atomic E-state index is -0.504. The number of nitrogens with two attached hydrogens (primary N) is 1. The summed E-state index contributed by atoms with van der Waals surface area (Å²) in [5, 5.41) is 2.87. The van der Waals surface area contributed by atoms with E-state index < -0.39 is 5.41 Å². The zero-order valence-electron chi connectivity index (χ0n) is 12.5. The molecule has 1 fully saturated rings. The fraction of sp³-hybridized carbons (Fsp3) is 0.562. The van der Waals surface area contributed by atoms with Crippen LogP contribution in [0.1, 0.15) is 39.0 Å². The first kappa shape index (κ1) is 15.8. The Morgan fingerprint density at radius 2 is 2.10 bits per heavy atom. The van der Waals surface area contributed by atoms with Gasteiger partial charge in [-0.15, -0.1) is 0 Å². The van der Waals surface area contributed by atoms with Crippen molar-refractivity contribution < 1.29 is 13.9 Å². The van der Waals surface area contributed by atoms with Gasteiger partial charge >= 0.3 is 0 Å². The Morgan fingerprint density at radius 1 is 1.38 bits per heavy atom. The first-order valence-electron chi connectivity index (χ1n) is 7.55. The molecule has 1 aliphatic carbocycles. The number of hydrogen-bond donors (Lipinski definition) is 2. The second-order valence-electron chi connectivity index (χ2n) is 5.57. The molecule has 0 bridgehead atoms. The highest BCUT2D eigenvalue weighted by atomic mass is 19.1. The number of amides is 1. The first-order chi connectivity index (χ1) is 10.1. The quantitative estimate of drug-likeness (QED) is 0.877. The standard InChI is InChI=1S/C16H23FN2O2/c1-2-21-14-10-12(17)6-7-13(14)19-15(20)16(11-18)8-4-3-5-9-16/h6-7,10H,2-5,8-9,11,18H2,1H3,(H,19,20). The Morgan fingerprint density at radius 3 is 2.71 bits per heavy atom. The van der Waals surface area contributed by atoms with Crippen molar-refractivity contribution in [1.29, 1.82) is 0 Å². The van der Waals surface area contributed by atoms with Crippen LogP contribution in [0.25, 0.3) is 0 Å². The second kappa shape index (κ2) is 6.89. The molecule has 21 heavy (non-hydrogen) atoms. The van der Waals surface area contributed by atoms with Crippen LogP contribution < -0.4 is 15.8 Å². The average Bonchev–Trinajstić information content (AvgIpc) is 2.51. The molecule has 1 amide bonds. The monoisotopic (exact) mass is 294 g/mol. The second-order valence-corrected chi connectivity index (χ2v) is 5.57. The molecule has 2 rings (SSSR count). The van der Waals surface area contributed by atoms with Gasteiger partial charge in [0.25, 0.3) is 0 Å². The van der Waals surface area contributed by atoms with Crippen LogP contribution in [0.2, 0.25) is 0 Å². The molecule has 0 aromatic heterocycles. The van der Waals surface area contributed by atoms with Gasteiger partial charge in [0.1, 0.15) is 11.6 Å². The third-order valence-electron chi connectivity index (χ3n) is 4.17. The summed E-state index contributed by atoms with van der Waals surface area (Å²) in [7, 11) is 0. The van der Waals surface area contributed by atoms with Gasteiger partial charge in [-0.05, 0) is 31.9 Å². The Balaban J connectivity index is 2.18. The summed E-state index contributed by atoms with van der Waals surface area (Å²) < 4.78 is 18.7. The summed E-state index contributed by atoms with van der Waals surface area (Å²) in [6.45, 7) is 2.57. The number of anilines is 1. The van der Waals surface area contributed by atoms with Crippen molar-refractivity contribution >= 4 is 11.6 Å². The first-order valence-corrected chi connectivity index (χ1v) is 7.55. The van der Waals surface area contributed by atoms with E-state index in [9.17, 15) is 9.18 Å². The van der Waals surface area contributed by atoms with E-state index >= 15 is 0 Å². The van der Waals surface area contributed by atoms with Crippen LogP contribution in [0.15, 0.2) is 18.2 Å². The molecule has 0 radical (unpaired) electrons. The lowest BCUT2D eigenvalue weighted by molar-refractivity contribution is -0.126. The third-order valence-corrected chi connectivity index (χ3v) is 4.17. The smallest absolute Gasteiger partial charge is 0.231 e. The molecule has 0 atom stereocenters. The topological polar surface area (TPSA) is 64.3 Å². The van der Waals surface area contributed by atoms with E-state index in [2.05, 4.69) is 5.32 Å². The molecular weight excluding hydrogens is 271 g/mol. The number of carbonyl (C=O) groups is 1. The summed E-state index contributed by atoms with van der Waals surface area (Å²) >= 11 is 0. The van der Waals surface area contributed by atoms with Crippen LogP contribution in [0, 0.1) is 11.2 Å². The molecule has 3 N–H and O–H groups in total. The predicted octanol–water partition coefficient (Wildman–Crippen LogP) is 3.07. The van der Waals surface area contributed by atoms with E-state index in [4.69, 9.17) is 10.5 Å². The van der Waals surface area contributed by atoms with Crippen LogP contribution in [0.4, 0.5) is 10.1 Å². The molecule has 1 aromatic rings. The number of ether oxygens (including phenoxy) is 1. The van der Waals surface area contributed by atoms with Gasteiger partial charge in [0.2, 0.25) is 5.91 Å². The fourth-order valence-corrected chi connectivity index (χ4v) is 2.88. The zero-order valence-corrected chi connectivity index (χ0v) is 12.5. The van der Waals surface area contributed by atoms with Crippen molar-refractivity contribution in [1.82, 2.24) is 0 Å². The average molecular weight is 294 g/mol. The third kappa shape index (κ3) is 3.53. The number of rotatable bonds is 5. The molecule has 1 aromatic carbocycles. The molecule has 0 saturated heterocycles. The van der Waals surface area contributed by atoms with Gasteiger partial charge in [-0.25, -0.2) is 4.39 Å². The number of halogens is 1. The summed E-state index contributed by atoms with van der Waals surface area (Å²) in [4.78, 5) is 12.6. The molecule has 5 heteroatoms. The Labute approximate surface area is 124 Å². The number of hydrogen-bond acceptors (Lipinski definition) is 3. The lowest BCUT2D eigenvalue weighted by Crippen LogP contribution is -2.43. The summed E-state index contributed by atoms with van der Waals surface area (Å²) in [5.74, 6) is -0.117. The maximum atomic E-state index is 13.3. The van der Waals surface area contributed by atoms with Crippen molar-refractivity contribution in [2.24, 2.45) is 11.1 Å². The highest BCUT2D eigenvalue weighted by Crippen LogP contribution is 2.37. The summed E-state index contributed by atoms with van der Waals surface area (Å²) in [6.07, 6.45) is 4.80. The summed E-state index contributed by atoms with van der Waals surface area (Å²) in [6, 6.07) is 4.13. The molecular formula is C16H23FN2O2. The molecule has 1 aliphatic rings. The van der Waals surface area contributed by atoms with Gasteiger partial charge in [0.15, 0.2) is 0 Å². The number of nitrogens with one attached hydrogen (secondary N) is 1. The molecule has 0 heterocycles. The SMILES string of the molecule is CCOc1cc(F)ccc1NC(=O)C1(CN)CCCCC1. The Kier molecular flexibility index (Phi) is 5.17. The fourth-order valence-electron chi connectivity index (χ4n) is 2.88. The van der Waals surface area contributed by atoms with Gasteiger partial charge in [-0.2, -0.15) is 0 Å². The van der Waals surface area contributed by atoms with Crippen LogP contribution in [-0.4, -0.2) is 19.1 Å². The largest absolute Gasteiger partial charge is 0.492 e. The highest BCUT2D eigenvalue weighted by Gasteiger charge is 2.38. The van der Waals surface area contributed by atoms with Crippen LogP contribution in [0.5, 0.6) is 5.75 Å². The highest BCUT2D eigenvalue weighted by molar-refractivity contribution is 5.96. The van der Waals surface area contributed by atoms with Gasteiger partial charge in [-0.1, -0.05) is 19.3 Å². The van der Waals surface area contributed by atoms with Crippen LogP contribution >= 0.6 is 0 Å². The van der Waals surface area contributed by atoms with Crippen molar-refractivity contribution in [2.45, 2.75) is 39.0 Å². The minimum Gasteiger partial charge on any atom is -0.492 e. The molecule has 1 saturated carbocycles. The maximum absolute atomic E-state index is 13.3. The lowest BCUT2D eigenvalue weighted by atomic mass is 9.73. The van der Waals surface area contributed by atoms with Gasteiger partial charge in [0.05, 0.1) is 17.7 Å². The van der Waals surface area contributed by atoms with E-state index in [1.165, 1.54) is 18.2 Å². The van der Waals surface area contributed by atoms with E-state index in [-0.39, 0.29) is 11.7 Å². The van der Waals surface area contributed by atoms with E-state index in [0.717, 1.165) is 32.1 Å². The van der Waals surface area contributed by atoms with E-state index in [1.54, 1.807) is 0 Å². The molecule has 0 spiro atoms. The molecule has 0 aliphatic heterocycles. The van der Waals surface area contributed by atoms with Crippen molar-refractivity contribution in [3.63, 3.8) is 0 Å². The lowest BCUT2D eigenvalue weighted by Gasteiger charge is -2.34.